The molecule has 25 heavy (non-hydrogen) atoms. The van der Waals surface area contributed by atoms with Crippen molar-refractivity contribution in [3.63, 3.8) is 0 Å². The first-order valence-electron chi connectivity index (χ1n) is 8.66. The van der Waals surface area contributed by atoms with Crippen molar-refractivity contribution in [3.05, 3.63) is 46.5 Å². The lowest BCUT2D eigenvalue weighted by atomic mass is 9.98. The Labute approximate surface area is 151 Å². The van der Waals surface area contributed by atoms with Crippen LogP contribution in [0.15, 0.2) is 18.3 Å². The fourth-order valence-corrected chi connectivity index (χ4v) is 3.32. The number of benzene rings is 1. The van der Waals surface area contributed by atoms with Gasteiger partial charge in [-0.15, -0.1) is 0 Å². The third-order valence-electron chi connectivity index (χ3n) is 5.36. The average Bonchev–Trinajstić information content (AvgIpc) is 2.50. The molecule has 0 saturated carbocycles. The van der Waals surface area contributed by atoms with Crippen LogP contribution in [0.2, 0.25) is 18.1 Å². The molecule has 0 N–H and O–H groups in total. The second-order valence-corrected chi connectivity index (χ2v) is 13.0. The number of hydrogen-bond donors (Lipinski definition) is 0. The van der Waals surface area contributed by atoms with E-state index in [9.17, 15) is 4.39 Å². The number of rotatable bonds is 4. The van der Waals surface area contributed by atoms with Gasteiger partial charge < -0.3 is 4.43 Å². The van der Waals surface area contributed by atoms with E-state index >= 15 is 0 Å². The third kappa shape index (κ3) is 4.15. The Morgan fingerprint density at radius 3 is 2.28 bits per heavy atom. The molecule has 0 fully saturated rings. The monoisotopic (exact) mass is 360 g/mol. The molecule has 0 unspecified atom stereocenters. The lowest BCUT2D eigenvalue weighted by Crippen LogP contribution is -2.40. The molecule has 0 bridgehead atoms. The number of nitrogens with zero attached hydrogens (tertiary/aromatic N) is 2. The van der Waals surface area contributed by atoms with E-state index in [1.165, 1.54) is 11.8 Å². The lowest BCUT2D eigenvalue weighted by molar-refractivity contribution is 0.266. The molecule has 0 spiro atoms. The van der Waals surface area contributed by atoms with Gasteiger partial charge >= 0.3 is 0 Å². The van der Waals surface area contributed by atoms with Crippen molar-refractivity contribution >= 4 is 8.32 Å². The van der Waals surface area contributed by atoms with Crippen molar-refractivity contribution in [2.24, 2.45) is 0 Å². The van der Waals surface area contributed by atoms with Crippen LogP contribution in [0.3, 0.4) is 0 Å². The molecule has 0 aliphatic heterocycles. The number of aromatic nitrogens is 2. The Morgan fingerprint density at radius 2 is 1.68 bits per heavy atom. The van der Waals surface area contributed by atoms with Crippen LogP contribution in [-0.2, 0) is 11.0 Å². The van der Waals surface area contributed by atoms with E-state index in [0.29, 0.717) is 11.5 Å². The minimum atomic E-state index is -1.97. The second kappa shape index (κ2) is 6.96. The first-order valence-corrected chi connectivity index (χ1v) is 11.6. The first-order chi connectivity index (χ1) is 11.4. The molecule has 0 saturated heterocycles. The van der Waals surface area contributed by atoms with Gasteiger partial charge in [-0.05, 0) is 55.6 Å². The van der Waals surface area contributed by atoms with Crippen molar-refractivity contribution in [1.82, 2.24) is 9.97 Å². The summed E-state index contributed by atoms with van der Waals surface area (Å²) in [7, 11) is -1.97. The minimum Gasteiger partial charge on any atom is -0.411 e. The van der Waals surface area contributed by atoms with Gasteiger partial charge in [-0.3, -0.25) is 0 Å². The van der Waals surface area contributed by atoms with Gasteiger partial charge in [0.05, 0.1) is 12.8 Å². The topological polar surface area (TPSA) is 35.0 Å². The number of halogens is 1. The van der Waals surface area contributed by atoms with Gasteiger partial charge in [0, 0.05) is 5.56 Å². The molecule has 1 aromatic carbocycles. The summed E-state index contributed by atoms with van der Waals surface area (Å²) in [4.78, 5) is 8.74. The molecule has 0 aliphatic carbocycles. The van der Waals surface area contributed by atoms with Crippen molar-refractivity contribution in [2.45, 2.75) is 66.3 Å². The summed E-state index contributed by atoms with van der Waals surface area (Å²) in [6.07, 6.45) is 1.26. The van der Waals surface area contributed by atoms with E-state index in [0.717, 1.165) is 16.7 Å². The molecular formula is C20H29FN2OSi. The van der Waals surface area contributed by atoms with Crippen molar-refractivity contribution in [1.29, 1.82) is 0 Å². The van der Waals surface area contributed by atoms with Crippen molar-refractivity contribution < 1.29 is 8.82 Å². The Morgan fingerprint density at radius 1 is 1.08 bits per heavy atom. The van der Waals surface area contributed by atoms with E-state index in [1.54, 1.807) is 0 Å². The fraction of sp³-hybridized carbons (Fsp3) is 0.500. The van der Waals surface area contributed by atoms with Crippen LogP contribution in [0.4, 0.5) is 4.39 Å². The Kier molecular flexibility index (Phi) is 5.49. The zero-order valence-corrected chi connectivity index (χ0v) is 17.6. The molecule has 3 nitrogen and oxygen atoms in total. The predicted octanol–water partition coefficient (Wildman–Crippen LogP) is 5.73. The van der Waals surface area contributed by atoms with Gasteiger partial charge in [-0.2, -0.15) is 0 Å². The van der Waals surface area contributed by atoms with Crippen molar-refractivity contribution in [3.8, 4) is 11.4 Å². The minimum absolute atomic E-state index is 0.0725. The molecule has 0 atom stereocenters. The third-order valence-corrected chi connectivity index (χ3v) is 9.84. The van der Waals surface area contributed by atoms with E-state index in [4.69, 9.17) is 4.43 Å². The zero-order chi connectivity index (χ0) is 19.0. The molecular weight excluding hydrogens is 331 g/mol. The van der Waals surface area contributed by atoms with Gasteiger partial charge in [-0.1, -0.05) is 32.9 Å². The molecule has 0 aliphatic rings. The van der Waals surface area contributed by atoms with Gasteiger partial charge in [0.1, 0.15) is 5.69 Å². The highest BCUT2D eigenvalue weighted by Gasteiger charge is 2.37. The van der Waals surface area contributed by atoms with E-state index in [2.05, 4.69) is 69.8 Å². The molecule has 1 heterocycles. The largest absolute Gasteiger partial charge is 0.411 e. The second-order valence-electron chi connectivity index (χ2n) is 8.24. The average molecular weight is 361 g/mol. The summed E-state index contributed by atoms with van der Waals surface area (Å²) in [6, 6.07) is 4.13. The van der Waals surface area contributed by atoms with Gasteiger partial charge in [0.15, 0.2) is 20.0 Å². The van der Waals surface area contributed by atoms with Crippen LogP contribution in [0.1, 0.15) is 43.2 Å². The first kappa shape index (κ1) is 19.7. The van der Waals surface area contributed by atoms with Crippen LogP contribution in [-0.4, -0.2) is 18.3 Å². The summed E-state index contributed by atoms with van der Waals surface area (Å²) in [6.45, 7) is 17.1. The maximum absolute atomic E-state index is 14.2. The maximum atomic E-state index is 14.2. The van der Waals surface area contributed by atoms with E-state index < -0.39 is 14.1 Å². The number of aryl methyl sites for hydroxylation is 2. The Balaban J connectivity index is 2.38. The highest BCUT2D eigenvalue weighted by molar-refractivity contribution is 6.74. The SMILES string of the molecule is Cc1ccc(C)c(-c2ncc(F)c(CO[Si](C)(C)C(C)(C)C)n2)c1C. The van der Waals surface area contributed by atoms with Crippen LogP contribution < -0.4 is 0 Å². The Bertz CT molecular complexity index is 782. The summed E-state index contributed by atoms with van der Waals surface area (Å²) in [5, 5.41) is 0.0725. The van der Waals surface area contributed by atoms with Crippen LogP contribution in [0.5, 0.6) is 0 Å². The highest BCUT2D eigenvalue weighted by atomic mass is 28.4. The Hall–Kier alpha value is -1.59. The molecule has 0 amide bonds. The highest BCUT2D eigenvalue weighted by Crippen LogP contribution is 2.37. The van der Waals surface area contributed by atoms with Crippen LogP contribution >= 0.6 is 0 Å². The normalized spacial score (nSPS) is 12.5. The fourth-order valence-electron chi connectivity index (χ4n) is 2.38. The standard InChI is InChI=1S/C20H29FN2OSi/c1-13-9-10-14(2)18(15(13)3)19-22-11-16(21)17(23-19)12-24-25(7,8)20(4,5)6/h9-11H,12H2,1-8H3. The van der Waals surface area contributed by atoms with E-state index in [1.807, 2.05) is 6.92 Å². The summed E-state index contributed by atoms with van der Waals surface area (Å²) >= 11 is 0. The lowest BCUT2D eigenvalue weighted by Gasteiger charge is -2.36. The van der Waals surface area contributed by atoms with Crippen LogP contribution in [0.25, 0.3) is 11.4 Å². The van der Waals surface area contributed by atoms with Crippen molar-refractivity contribution in [2.75, 3.05) is 0 Å². The molecule has 1 aromatic heterocycles. The summed E-state index contributed by atoms with van der Waals surface area (Å²) < 4.78 is 20.4. The molecule has 136 valence electrons. The van der Waals surface area contributed by atoms with Gasteiger partial charge in [0.25, 0.3) is 0 Å². The zero-order valence-electron chi connectivity index (χ0n) is 16.6. The van der Waals surface area contributed by atoms with Crippen LogP contribution in [0, 0.1) is 26.6 Å². The summed E-state index contributed by atoms with van der Waals surface area (Å²) in [5.74, 6) is 0.152. The molecule has 2 rings (SSSR count). The summed E-state index contributed by atoms with van der Waals surface area (Å²) in [5.41, 5.74) is 4.70. The molecule has 2 aromatic rings. The quantitative estimate of drug-likeness (QED) is 0.653. The molecule has 5 heteroatoms. The number of hydrogen-bond acceptors (Lipinski definition) is 3. The smallest absolute Gasteiger partial charge is 0.192 e. The van der Waals surface area contributed by atoms with Gasteiger partial charge in [-0.25, -0.2) is 14.4 Å². The maximum Gasteiger partial charge on any atom is 0.192 e. The van der Waals surface area contributed by atoms with E-state index in [-0.39, 0.29) is 11.6 Å². The van der Waals surface area contributed by atoms with Gasteiger partial charge in [0.2, 0.25) is 0 Å². The predicted molar refractivity (Wildman–Crippen MR) is 104 cm³/mol. The molecule has 0 radical (unpaired) electrons.